The topological polar surface area (TPSA) is 51.2 Å². The van der Waals surface area contributed by atoms with Crippen molar-refractivity contribution in [1.82, 2.24) is 4.98 Å². The van der Waals surface area contributed by atoms with Gasteiger partial charge < -0.3 is 10.1 Å². The Hall–Kier alpha value is -2.36. The van der Waals surface area contributed by atoms with Gasteiger partial charge >= 0.3 is 5.97 Å². The molecule has 1 aromatic carbocycles. The molecule has 0 spiro atoms. The van der Waals surface area contributed by atoms with E-state index < -0.39 is 0 Å². The first-order chi connectivity index (χ1) is 12.2. The van der Waals surface area contributed by atoms with Crippen LogP contribution in [0.5, 0.6) is 0 Å². The molecule has 0 atom stereocenters. The van der Waals surface area contributed by atoms with Crippen molar-refractivity contribution in [1.29, 1.82) is 0 Å². The molecule has 0 saturated heterocycles. The molecule has 0 aliphatic heterocycles. The number of ether oxygens (including phenoxy) is 1. The van der Waals surface area contributed by atoms with Crippen molar-refractivity contribution in [2.75, 3.05) is 11.9 Å². The second-order valence-electron chi connectivity index (χ2n) is 6.66. The zero-order chi connectivity index (χ0) is 17.6. The highest BCUT2D eigenvalue weighted by Crippen LogP contribution is 2.26. The van der Waals surface area contributed by atoms with Gasteiger partial charge in [0.1, 0.15) is 11.4 Å². The summed E-state index contributed by atoms with van der Waals surface area (Å²) in [7, 11) is 0. The normalized spacial score (nSPS) is 15.0. The number of pyridine rings is 1. The molecule has 0 bridgehead atoms. The maximum absolute atomic E-state index is 12.3. The van der Waals surface area contributed by atoms with Gasteiger partial charge in [-0.1, -0.05) is 49.1 Å². The molecule has 1 N–H and O–H groups in total. The van der Waals surface area contributed by atoms with Crippen molar-refractivity contribution in [3.8, 4) is 11.3 Å². The van der Waals surface area contributed by atoms with Crippen molar-refractivity contribution < 1.29 is 9.53 Å². The number of rotatable bonds is 5. The van der Waals surface area contributed by atoms with Crippen LogP contribution < -0.4 is 5.32 Å². The zero-order valence-electron chi connectivity index (χ0n) is 15.0. The Balaban J connectivity index is 1.92. The molecule has 1 aliphatic rings. The Morgan fingerprint density at radius 3 is 2.52 bits per heavy atom. The monoisotopic (exact) mass is 338 g/mol. The third-order valence-electron chi connectivity index (χ3n) is 4.68. The fourth-order valence-corrected chi connectivity index (χ4v) is 3.27. The van der Waals surface area contributed by atoms with E-state index in [0.717, 1.165) is 24.1 Å². The van der Waals surface area contributed by atoms with Crippen molar-refractivity contribution >= 4 is 11.8 Å². The van der Waals surface area contributed by atoms with Crippen LogP contribution in [0.4, 0.5) is 5.82 Å². The van der Waals surface area contributed by atoms with E-state index in [0.29, 0.717) is 24.0 Å². The van der Waals surface area contributed by atoms with Crippen molar-refractivity contribution in [2.24, 2.45) is 0 Å². The van der Waals surface area contributed by atoms with Crippen LogP contribution in [0.15, 0.2) is 36.4 Å². The van der Waals surface area contributed by atoms with Crippen LogP contribution in [0.3, 0.4) is 0 Å². The quantitative estimate of drug-likeness (QED) is 0.781. The van der Waals surface area contributed by atoms with Gasteiger partial charge in [-0.3, -0.25) is 0 Å². The number of nitrogens with one attached hydrogen (secondary N) is 1. The first-order valence-electron chi connectivity index (χ1n) is 9.19. The Labute approximate surface area is 149 Å². The molecule has 1 aliphatic carbocycles. The van der Waals surface area contributed by atoms with Gasteiger partial charge in [-0.15, -0.1) is 0 Å². The lowest BCUT2D eigenvalue weighted by atomic mass is 9.95. The number of aryl methyl sites for hydroxylation is 1. The van der Waals surface area contributed by atoms with Gasteiger partial charge in [-0.05, 0) is 38.8 Å². The standard InChI is InChI=1S/C21H26N2O2/c1-3-25-21(24)18-13-14-19(16-11-9-15(2)10-12-16)23-20(18)22-17-7-5-4-6-8-17/h9-14,17H,3-8H2,1-2H3,(H,22,23). The molecule has 0 radical (unpaired) electrons. The minimum atomic E-state index is -0.316. The number of anilines is 1. The van der Waals surface area contributed by atoms with Gasteiger partial charge in [-0.25, -0.2) is 9.78 Å². The number of hydrogen-bond donors (Lipinski definition) is 1. The lowest BCUT2D eigenvalue weighted by Crippen LogP contribution is -2.24. The van der Waals surface area contributed by atoms with Gasteiger partial charge in [0.25, 0.3) is 0 Å². The van der Waals surface area contributed by atoms with Gasteiger partial charge in [0.05, 0.1) is 12.3 Å². The Bertz CT molecular complexity index is 719. The summed E-state index contributed by atoms with van der Waals surface area (Å²) in [5.41, 5.74) is 3.65. The highest BCUT2D eigenvalue weighted by atomic mass is 16.5. The minimum Gasteiger partial charge on any atom is -0.462 e. The van der Waals surface area contributed by atoms with Crippen LogP contribution in [-0.2, 0) is 4.74 Å². The highest BCUT2D eigenvalue weighted by molar-refractivity contribution is 5.95. The van der Waals surface area contributed by atoms with Gasteiger partial charge in [0.15, 0.2) is 0 Å². The molecule has 1 saturated carbocycles. The van der Waals surface area contributed by atoms with Crippen LogP contribution in [0.25, 0.3) is 11.3 Å². The molecule has 0 amide bonds. The van der Waals surface area contributed by atoms with Gasteiger partial charge in [0, 0.05) is 11.6 Å². The third-order valence-corrected chi connectivity index (χ3v) is 4.68. The van der Waals surface area contributed by atoms with E-state index in [1.807, 2.05) is 19.1 Å². The average molecular weight is 338 g/mol. The Kier molecular flexibility index (Phi) is 5.69. The molecule has 2 aromatic rings. The summed E-state index contributed by atoms with van der Waals surface area (Å²) in [6.07, 6.45) is 5.99. The van der Waals surface area contributed by atoms with Crippen molar-refractivity contribution in [2.45, 2.75) is 52.0 Å². The molecule has 4 heteroatoms. The smallest absolute Gasteiger partial charge is 0.341 e. The van der Waals surface area contributed by atoms with E-state index in [-0.39, 0.29) is 5.97 Å². The predicted molar refractivity (Wildman–Crippen MR) is 101 cm³/mol. The van der Waals surface area contributed by atoms with E-state index in [9.17, 15) is 4.79 Å². The fraction of sp³-hybridized carbons (Fsp3) is 0.429. The average Bonchev–Trinajstić information content (AvgIpc) is 2.63. The van der Waals surface area contributed by atoms with Crippen LogP contribution >= 0.6 is 0 Å². The highest BCUT2D eigenvalue weighted by Gasteiger charge is 2.20. The second-order valence-corrected chi connectivity index (χ2v) is 6.66. The molecule has 3 rings (SSSR count). The summed E-state index contributed by atoms with van der Waals surface area (Å²) in [5, 5.41) is 3.50. The van der Waals surface area contributed by atoms with E-state index in [4.69, 9.17) is 9.72 Å². The van der Waals surface area contributed by atoms with Crippen LogP contribution in [0.2, 0.25) is 0 Å². The van der Waals surface area contributed by atoms with E-state index >= 15 is 0 Å². The number of nitrogens with zero attached hydrogens (tertiary/aromatic N) is 1. The number of hydrogen-bond acceptors (Lipinski definition) is 4. The van der Waals surface area contributed by atoms with Gasteiger partial charge in [-0.2, -0.15) is 0 Å². The van der Waals surface area contributed by atoms with E-state index in [1.54, 1.807) is 0 Å². The summed E-state index contributed by atoms with van der Waals surface area (Å²) in [6.45, 7) is 4.25. The molecule has 1 aromatic heterocycles. The lowest BCUT2D eigenvalue weighted by Gasteiger charge is -2.24. The number of carbonyl (C=O) groups is 1. The number of benzene rings is 1. The van der Waals surface area contributed by atoms with E-state index in [2.05, 4.69) is 36.5 Å². The largest absolute Gasteiger partial charge is 0.462 e. The summed E-state index contributed by atoms with van der Waals surface area (Å²) in [5.74, 6) is 0.326. The van der Waals surface area contributed by atoms with Crippen LogP contribution in [0.1, 0.15) is 54.9 Å². The maximum atomic E-state index is 12.3. The molecule has 1 fully saturated rings. The maximum Gasteiger partial charge on any atom is 0.341 e. The molecule has 1 heterocycles. The van der Waals surface area contributed by atoms with Crippen molar-refractivity contribution in [3.63, 3.8) is 0 Å². The molecule has 25 heavy (non-hydrogen) atoms. The second kappa shape index (κ2) is 8.15. The van der Waals surface area contributed by atoms with Crippen LogP contribution in [0, 0.1) is 6.92 Å². The van der Waals surface area contributed by atoms with Crippen LogP contribution in [-0.4, -0.2) is 23.6 Å². The molecule has 0 unspecified atom stereocenters. The van der Waals surface area contributed by atoms with E-state index in [1.165, 1.54) is 24.8 Å². The summed E-state index contributed by atoms with van der Waals surface area (Å²) in [4.78, 5) is 17.1. The van der Waals surface area contributed by atoms with Gasteiger partial charge in [0.2, 0.25) is 0 Å². The predicted octanol–water partition coefficient (Wildman–Crippen LogP) is 4.98. The number of carbonyl (C=O) groups excluding carboxylic acids is 1. The number of esters is 1. The molecular formula is C21H26N2O2. The minimum absolute atomic E-state index is 0.316. The summed E-state index contributed by atoms with van der Waals surface area (Å²) >= 11 is 0. The zero-order valence-corrected chi connectivity index (χ0v) is 15.0. The third kappa shape index (κ3) is 4.38. The lowest BCUT2D eigenvalue weighted by molar-refractivity contribution is 0.0527. The SMILES string of the molecule is CCOC(=O)c1ccc(-c2ccc(C)cc2)nc1NC1CCCCC1. The first-order valence-corrected chi connectivity index (χ1v) is 9.19. The fourth-order valence-electron chi connectivity index (χ4n) is 3.27. The number of aromatic nitrogens is 1. The Morgan fingerprint density at radius 2 is 1.84 bits per heavy atom. The van der Waals surface area contributed by atoms with Crippen molar-refractivity contribution in [3.05, 3.63) is 47.5 Å². The summed E-state index contributed by atoms with van der Waals surface area (Å²) < 4.78 is 5.20. The molecule has 4 nitrogen and oxygen atoms in total. The molecule has 132 valence electrons. The molecular weight excluding hydrogens is 312 g/mol. The Morgan fingerprint density at radius 1 is 1.12 bits per heavy atom. The first kappa shape index (κ1) is 17.5. The summed E-state index contributed by atoms with van der Waals surface area (Å²) in [6, 6.07) is 12.4.